The second-order valence-electron chi connectivity index (χ2n) is 12.0. The number of likely N-dealkylation sites (N-methyl/N-ethyl adjacent to an activating group) is 1. The fourth-order valence-corrected chi connectivity index (χ4v) is 7.12. The predicted molar refractivity (Wildman–Crippen MR) is 150 cm³/mol. The zero-order valence-corrected chi connectivity index (χ0v) is 22.5. The van der Waals surface area contributed by atoms with Crippen LogP contribution in [-0.2, 0) is 13.0 Å². The van der Waals surface area contributed by atoms with Gasteiger partial charge in [-0.15, -0.1) is 0 Å². The van der Waals surface area contributed by atoms with Crippen molar-refractivity contribution in [2.24, 2.45) is 0 Å². The summed E-state index contributed by atoms with van der Waals surface area (Å²) in [5, 5.41) is 16.5. The van der Waals surface area contributed by atoms with Gasteiger partial charge in [0.25, 0.3) is 0 Å². The van der Waals surface area contributed by atoms with E-state index in [0.717, 1.165) is 67.0 Å². The number of phenols is 1. The number of fused-ring (bicyclic) bond motifs is 4. The number of piperazine rings is 1. The number of phenolic OH excluding ortho intramolecular Hbond substituents is 1. The zero-order valence-electron chi connectivity index (χ0n) is 22.5. The van der Waals surface area contributed by atoms with Crippen LogP contribution in [0.3, 0.4) is 0 Å². The van der Waals surface area contributed by atoms with Gasteiger partial charge in [0, 0.05) is 60.0 Å². The number of aromatic nitrogens is 2. The second kappa shape index (κ2) is 9.27. The molecule has 7 rings (SSSR count). The Morgan fingerprint density at radius 1 is 1.13 bits per heavy atom. The van der Waals surface area contributed by atoms with Gasteiger partial charge in [0.2, 0.25) is 0 Å². The van der Waals surface area contributed by atoms with Gasteiger partial charge in [0.1, 0.15) is 18.2 Å². The maximum atomic E-state index is 10.5. The van der Waals surface area contributed by atoms with Gasteiger partial charge in [-0.3, -0.25) is 0 Å². The molecule has 2 N–H and O–H groups in total. The summed E-state index contributed by atoms with van der Waals surface area (Å²) >= 11 is 0. The number of hydrogen-bond acceptors (Lipinski definition) is 8. The van der Waals surface area contributed by atoms with E-state index in [1.165, 1.54) is 24.8 Å². The molecule has 3 aromatic rings. The molecule has 0 amide bonds. The van der Waals surface area contributed by atoms with E-state index in [1.807, 2.05) is 18.2 Å². The molecule has 0 radical (unpaired) electrons. The standard InChI is InChI=1S/C30H38N6O2/c1-30-11-9-21(33-30)16-36(19-30)28-25-10-13-35(27-15-23(37)14-20-6-3-4-8-24(20)27)17-26(25)31-29(32-28)38-18-22-7-5-12-34(22)2/h3-4,6,8,14-15,21-22,33,37H,5,7,9-13,16-19H2,1-2H3. The highest BCUT2D eigenvalue weighted by Crippen LogP contribution is 2.38. The lowest BCUT2D eigenvalue weighted by Gasteiger charge is -2.41. The summed E-state index contributed by atoms with van der Waals surface area (Å²) in [5.41, 5.74) is 3.48. The largest absolute Gasteiger partial charge is 0.508 e. The molecular formula is C30H38N6O2. The molecule has 8 heteroatoms. The highest BCUT2D eigenvalue weighted by molar-refractivity contribution is 5.95. The van der Waals surface area contributed by atoms with Crippen LogP contribution in [0.2, 0.25) is 0 Å². The van der Waals surface area contributed by atoms with E-state index >= 15 is 0 Å². The summed E-state index contributed by atoms with van der Waals surface area (Å²) in [4.78, 5) is 17.3. The number of aromatic hydroxyl groups is 1. The van der Waals surface area contributed by atoms with Gasteiger partial charge in [0.15, 0.2) is 0 Å². The summed E-state index contributed by atoms with van der Waals surface area (Å²) in [6.07, 6.45) is 5.66. The van der Waals surface area contributed by atoms with Gasteiger partial charge in [0.05, 0.1) is 12.2 Å². The quantitative estimate of drug-likeness (QED) is 0.534. The fraction of sp³-hybridized carbons (Fsp3) is 0.533. The van der Waals surface area contributed by atoms with Gasteiger partial charge in [-0.1, -0.05) is 24.3 Å². The van der Waals surface area contributed by atoms with Crippen molar-refractivity contribution in [3.05, 3.63) is 47.7 Å². The Morgan fingerprint density at radius 3 is 2.87 bits per heavy atom. The van der Waals surface area contributed by atoms with E-state index in [9.17, 15) is 5.11 Å². The first-order valence-corrected chi connectivity index (χ1v) is 14.2. The first-order chi connectivity index (χ1) is 18.4. The molecule has 0 aliphatic carbocycles. The minimum atomic E-state index is 0.134. The first kappa shape index (κ1) is 24.0. The van der Waals surface area contributed by atoms with Crippen LogP contribution < -0.4 is 19.9 Å². The van der Waals surface area contributed by atoms with Crippen LogP contribution in [0.15, 0.2) is 36.4 Å². The molecule has 38 heavy (non-hydrogen) atoms. The molecule has 3 saturated heterocycles. The number of nitrogens with one attached hydrogen (secondary N) is 1. The lowest BCUT2D eigenvalue weighted by Crippen LogP contribution is -2.58. The Labute approximate surface area is 224 Å². The average Bonchev–Trinajstić information content (AvgIpc) is 3.45. The summed E-state index contributed by atoms with van der Waals surface area (Å²) < 4.78 is 6.32. The molecule has 8 nitrogen and oxygen atoms in total. The van der Waals surface area contributed by atoms with E-state index in [1.54, 1.807) is 0 Å². The van der Waals surface area contributed by atoms with Gasteiger partial charge < -0.3 is 29.9 Å². The highest BCUT2D eigenvalue weighted by atomic mass is 16.5. The Kier molecular flexibility index (Phi) is 5.85. The summed E-state index contributed by atoms with van der Waals surface area (Å²) in [6.45, 7) is 7.55. The molecule has 3 unspecified atom stereocenters. The molecule has 0 saturated carbocycles. The number of ether oxygens (including phenoxy) is 1. The van der Waals surface area contributed by atoms with Crippen molar-refractivity contribution < 1.29 is 9.84 Å². The van der Waals surface area contributed by atoms with Gasteiger partial charge >= 0.3 is 6.01 Å². The molecular weight excluding hydrogens is 476 g/mol. The van der Waals surface area contributed by atoms with Crippen molar-refractivity contribution in [3.8, 4) is 11.8 Å². The predicted octanol–water partition coefficient (Wildman–Crippen LogP) is 3.70. The number of likely N-dealkylation sites (tertiary alicyclic amines) is 1. The van der Waals surface area contributed by atoms with E-state index in [2.05, 4.69) is 52.2 Å². The average molecular weight is 515 g/mol. The number of benzene rings is 2. The van der Waals surface area contributed by atoms with Crippen molar-refractivity contribution in [1.29, 1.82) is 0 Å². The van der Waals surface area contributed by atoms with Crippen molar-refractivity contribution in [2.75, 3.05) is 49.6 Å². The van der Waals surface area contributed by atoms with Crippen LogP contribution >= 0.6 is 0 Å². The lowest BCUT2D eigenvalue weighted by atomic mass is 9.98. The van der Waals surface area contributed by atoms with Crippen LogP contribution in [0.1, 0.15) is 43.9 Å². The minimum Gasteiger partial charge on any atom is -0.508 e. The van der Waals surface area contributed by atoms with Crippen molar-refractivity contribution in [1.82, 2.24) is 20.2 Å². The molecule has 0 spiro atoms. The van der Waals surface area contributed by atoms with E-state index in [0.29, 0.717) is 37.0 Å². The van der Waals surface area contributed by atoms with Gasteiger partial charge in [-0.25, -0.2) is 0 Å². The summed E-state index contributed by atoms with van der Waals surface area (Å²) in [7, 11) is 2.18. The van der Waals surface area contributed by atoms with Crippen molar-refractivity contribution >= 4 is 22.3 Å². The van der Waals surface area contributed by atoms with Crippen LogP contribution in [0.25, 0.3) is 10.8 Å². The Hall–Kier alpha value is -3.10. The third-order valence-corrected chi connectivity index (χ3v) is 9.14. The third-order valence-electron chi connectivity index (χ3n) is 9.14. The molecule has 4 aliphatic heterocycles. The van der Waals surface area contributed by atoms with Crippen LogP contribution in [0.5, 0.6) is 11.8 Å². The van der Waals surface area contributed by atoms with Crippen LogP contribution in [-0.4, -0.2) is 77.4 Å². The summed E-state index contributed by atoms with van der Waals surface area (Å²) in [6, 6.07) is 13.4. The number of hydrogen-bond donors (Lipinski definition) is 2. The molecule has 3 fully saturated rings. The zero-order chi connectivity index (χ0) is 25.9. The Morgan fingerprint density at radius 2 is 2.03 bits per heavy atom. The Balaban J connectivity index is 1.24. The summed E-state index contributed by atoms with van der Waals surface area (Å²) in [5.74, 6) is 1.35. The van der Waals surface area contributed by atoms with Crippen LogP contribution in [0, 0.1) is 0 Å². The minimum absolute atomic E-state index is 0.134. The normalized spacial score (nSPS) is 27.2. The van der Waals surface area contributed by atoms with Gasteiger partial charge in [-0.2, -0.15) is 9.97 Å². The Bertz CT molecular complexity index is 1360. The number of rotatable bonds is 5. The maximum Gasteiger partial charge on any atom is 0.318 e. The van der Waals surface area contributed by atoms with E-state index in [-0.39, 0.29) is 5.54 Å². The van der Waals surface area contributed by atoms with Crippen molar-refractivity contribution in [2.45, 2.75) is 63.2 Å². The lowest BCUT2D eigenvalue weighted by molar-refractivity contribution is 0.187. The van der Waals surface area contributed by atoms with Crippen LogP contribution in [0.4, 0.5) is 11.5 Å². The smallest absolute Gasteiger partial charge is 0.318 e. The molecule has 3 atom stereocenters. The first-order valence-electron chi connectivity index (χ1n) is 14.2. The molecule has 1 aromatic heterocycles. The van der Waals surface area contributed by atoms with Crippen molar-refractivity contribution in [3.63, 3.8) is 0 Å². The molecule has 4 aliphatic rings. The molecule has 5 heterocycles. The van der Waals surface area contributed by atoms with Gasteiger partial charge in [-0.05, 0) is 64.1 Å². The van der Waals surface area contributed by atoms with E-state index < -0.39 is 0 Å². The number of nitrogens with zero attached hydrogens (tertiary/aromatic N) is 5. The second-order valence-corrected chi connectivity index (χ2v) is 12.0. The molecule has 2 aromatic carbocycles. The molecule has 2 bridgehead atoms. The number of anilines is 2. The fourth-order valence-electron chi connectivity index (χ4n) is 7.12. The third kappa shape index (κ3) is 4.33. The molecule has 200 valence electrons. The SMILES string of the molecule is CN1CCCC1COc1nc2c(c(N3CC4CCC(C)(C3)N4)n1)CCN(c1cc(O)cc3ccccc13)C2. The maximum absolute atomic E-state index is 10.5. The van der Waals surface area contributed by atoms with E-state index in [4.69, 9.17) is 14.7 Å². The topological polar surface area (TPSA) is 77.0 Å². The highest BCUT2D eigenvalue weighted by Gasteiger charge is 2.42. The monoisotopic (exact) mass is 514 g/mol.